The van der Waals surface area contributed by atoms with Crippen molar-refractivity contribution in [1.82, 2.24) is 0 Å². The molecular weight excluding hydrogens is 238 g/mol. The lowest BCUT2D eigenvalue weighted by molar-refractivity contribution is -0.116. The molecule has 2 rings (SSSR count). The van der Waals surface area contributed by atoms with E-state index in [-0.39, 0.29) is 23.9 Å². The Labute approximate surface area is 106 Å². The summed E-state index contributed by atoms with van der Waals surface area (Å²) in [5.41, 5.74) is 0.693. The van der Waals surface area contributed by atoms with Crippen molar-refractivity contribution in [3.05, 3.63) is 18.2 Å². The van der Waals surface area contributed by atoms with Crippen LogP contribution in [0, 0.1) is 5.92 Å². The van der Waals surface area contributed by atoms with Crippen LogP contribution in [-0.2, 0) is 4.79 Å². The Morgan fingerprint density at radius 3 is 2.76 bits per heavy atom. The molecule has 1 aromatic carbocycles. The Morgan fingerprint density at radius 1 is 1.35 bits per heavy atom. The molecule has 1 heterocycles. The van der Waals surface area contributed by atoms with Gasteiger partial charge in [-0.15, -0.1) is 0 Å². The van der Waals surface area contributed by atoms with Crippen LogP contribution < -0.4 is 14.8 Å². The molecule has 1 atom stereocenters. The largest absolute Gasteiger partial charge is 0.454 e. The van der Waals surface area contributed by atoms with Crippen molar-refractivity contribution in [3.63, 3.8) is 0 Å². The topological polar surface area (TPSA) is 47.6 Å². The van der Waals surface area contributed by atoms with Crippen molar-refractivity contribution in [3.8, 4) is 11.5 Å². The smallest absolute Gasteiger partial charge is 0.237 e. The molecule has 4 nitrogen and oxygen atoms in total. The first kappa shape index (κ1) is 12.1. The van der Waals surface area contributed by atoms with Gasteiger partial charge in [0.25, 0.3) is 0 Å². The number of amides is 1. The molecule has 0 spiro atoms. The molecule has 92 valence electrons. The molecule has 0 aliphatic carbocycles. The van der Waals surface area contributed by atoms with E-state index in [9.17, 15) is 4.79 Å². The fourth-order valence-corrected chi connectivity index (χ4v) is 1.56. The fourth-order valence-electron chi connectivity index (χ4n) is 1.49. The molecule has 5 heteroatoms. The molecule has 0 aromatic heterocycles. The van der Waals surface area contributed by atoms with E-state index in [4.69, 9.17) is 9.47 Å². The number of anilines is 1. The van der Waals surface area contributed by atoms with Crippen molar-refractivity contribution < 1.29 is 14.3 Å². The molecule has 0 fully saturated rings. The minimum atomic E-state index is -0.319. The first-order chi connectivity index (χ1) is 8.08. The Morgan fingerprint density at radius 2 is 2.06 bits per heavy atom. The van der Waals surface area contributed by atoms with Crippen LogP contribution in [0.4, 0.5) is 5.69 Å². The summed E-state index contributed by atoms with van der Waals surface area (Å²) in [5.74, 6) is 1.44. The monoisotopic (exact) mass is 253 g/mol. The van der Waals surface area contributed by atoms with Gasteiger partial charge >= 0.3 is 0 Å². The summed E-state index contributed by atoms with van der Waals surface area (Å²) in [7, 11) is 0. The molecule has 1 aliphatic rings. The lowest BCUT2D eigenvalue weighted by Crippen LogP contribution is -2.27. The second kappa shape index (κ2) is 4.87. The predicted octanol–water partition coefficient (Wildman–Crippen LogP) is 2.31. The van der Waals surface area contributed by atoms with E-state index in [1.165, 1.54) is 0 Å². The van der Waals surface area contributed by atoms with E-state index >= 15 is 0 Å². The van der Waals surface area contributed by atoms with Gasteiger partial charge in [-0.3, -0.25) is 4.79 Å². The third kappa shape index (κ3) is 2.66. The van der Waals surface area contributed by atoms with E-state index in [1.807, 2.05) is 13.8 Å². The average molecular weight is 253 g/mol. The van der Waals surface area contributed by atoms with Crippen LogP contribution >= 0.6 is 12.6 Å². The Balaban J connectivity index is 2.07. The summed E-state index contributed by atoms with van der Waals surface area (Å²) >= 11 is 4.26. The first-order valence-electron chi connectivity index (χ1n) is 5.46. The number of nitrogens with one attached hydrogen (secondary N) is 1. The molecule has 1 aromatic rings. The molecule has 1 amide bonds. The standard InChI is InChI=1S/C12H15NO3S/c1-7(2)11(17)12(14)13-8-3-4-9-10(5-8)16-6-15-9/h3-5,7,11,17H,6H2,1-2H3,(H,13,14). The molecular formula is C12H15NO3S. The molecule has 0 saturated carbocycles. The molecule has 17 heavy (non-hydrogen) atoms. The fraction of sp³-hybridized carbons (Fsp3) is 0.417. The molecule has 0 radical (unpaired) electrons. The third-order valence-electron chi connectivity index (χ3n) is 2.54. The number of fused-ring (bicyclic) bond motifs is 1. The van der Waals surface area contributed by atoms with Crippen molar-refractivity contribution in [2.24, 2.45) is 5.92 Å². The number of carbonyl (C=O) groups is 1. The summed E-state index contributed by atoms with van der Waals surface area (Å²) in [6.07, 6.45) is 0. The van der Waals surface area contributed by atoms with E-state index in [0.717, 1.165) is 0 Å². The van der Waals surface area contributed by atoms with Crippen LogP contribution in [0.2, 0.25) is 0 Å². The van der Waals surface area contributed by atoms with Gasteiger partial charge < -0.3 is 14.8 Å². The number of ether oxygens (including phenoxy) is 2. The highest BCUT2D eigenvalue weighted by Crippen LogP contribution is 2.34. The van der Waals surface area contributed by atoms with Gasteiger partial charge in [0, 0.05) is 11.8 Å². The van der Waals surface area contributed by atoms with E-state index in [2.05, 4.69) is 17.9 Å². The number of hydrogen-bond acceptors (Lipinski definition) is 4. The summed E-state index contributed by atoms with van der Waals surface area (Å²) < 4.78 is 10.4. The van der Waals surface area contributed by atoms with E-state index in [0.29, 0.717) is 17.2 Å². The van der Waals surface area contributed by atoms with Crippen LogP contribution in [0.15, 0.2) is 18.2 Å². The normalized spacial score (nSPS) is 14.8. The Kier molecular flexibility index (Phi) is 3.47. The maximum absolute atomic E-state index is 11.8. The zero-order valence-corrected chi connectivity index (χ0v) is 10.7. The lowest BCUT2D eigenvalue weighted by atomic mass is 10.1. The maximum Gasteiger partial charge on any atom is 0.237 e. The second-order valence-electron chi connectivity index (χ2n) is 4.25. The molecule has 0 saturated heterocycles. The van der Waals surface area contributed by atoms with Gasteiger partial charge in [0.2, 0.25) is 12.7 Å². The summed E-state index contributed by atoms with van der Waals surface area (Å²) in [5, 5.41) is 2.48. The zero-order chi connectivity index (χ0) is 12.4. The average Bonchev–Trinajstić information content (AvgIpc) is 2.74. The maximum atomic E-state index is 11.8. The lowest BCUT2D eigenvalue weighted by Gasteiger charge is -2.14. The highest BCUT2D eigenvalue weighted by atomic mass is 32.1. The third-order valence-corrected chi connectivity index (χ3v) is 3.37. The quantitative estimate of drug-likeness (QED) is 0.813. The van der Waals surface area contributed by atoms with Crippen molar-refractivity contribution in [1.29, 1.82) is 0 Å². The number of thiol groups is 1. The number of rotatable bonds is 3. The Bertz CT molecular complexity index is 434. The summed E-state index contributed by atoms with van der Waals surface area (Å²) in [6.45, 7) is 4.14. The molecule has 1 N–H and O–H groups in total. The van der Waals surface area contributed by atoms with Gasteiger partial charge in [0.15, 0.2) is 11.5 Å². The SMILES string of the molecule is CC(C)C(S)C(=O)Nc1ccc2c(c1)OCO2. The molecule has 0 bridgehead atoms. The van der Waals surface area contributed by atoms with Crippen molar-refractivity contribution in [2.45, 2.75) is 19.1 Å². The van der Waals surface area contributed by atoms with Crippen molar-refractivity contribution >= 4 is 24.2 Å². The van der Waals surface area contributed by atoms with Crippen LogP contribution in [-0.4, -0.2) is 18.0 Å². The number of carbonyl (C=O) groups excluding carboxylic acids is 1. The van der Waals surface area contributed by atoms with Crippen LogP contribution in [0.25, 0.3) is 0 Å². The van der Waals surface area contributed by atoms with Gasteiger partial charge in [-0.2, -0.15) is 12.6 Å². The second-order valence-corrected chi connectivity index (χ2v) is 4.80. The number of hydrogen-bond donors (Lipinski definition) is 2. The summed E-state index contributed by atoms with van der Waals surface area (Å²) in [4.78, 5) is 11.8. The van der Waals surface area contributed by atoms with E-state index in [1.54, 1.807) is 18.2 Å². The Hall–Kier alpha value is -1.36. The first-order valence-corrected chi connectivity index (χ1v) is 5.98. The van der Waals surface area contributed by atoms with Crippen LogP contribution in [0.3, 0.4) is 0 Å². The van der Waals surface area contributed by atoms with E-state index < -0.39 is 0 Å². The van der Waals surface area contributed by atoms with Gasteiger partial charge in [-0.25, -0.2) is 0 Å². The van der Waals surface area contributed by atoms with Crippen molar-refractivity contribution in [2.75, 3.05) is 12.1 Å². The minimum absolute atomic E-state index is 0.109. The van der Waals surface area contributed by atoms with Crippen LogP contribution in [0.5, 0.6) is 11.5 Å². The summed E-state index contributed by atoms with van der Waals surface area (Å²) in [6, 6.07) is 5.31. The van der Waals surface area contributed by atoms with Gasteiger partial charge in [-0.05, 0) is 18.1 Å². The number of benzene rings is 1. The molecule has 1 unspecified atom stereocenters. The molecule has 1 aliphatic heterocycles. The highest BCUT2D eigenvalue weighted by molar-refractivity contribution is 7.81. The minimum Gasteiger partial charge on any atom is -0.454 e. The van der Waals surface area contributed by atoms with Gasteiger partial charge in [0.1, 0.15) is 0 Å². The van der Waals surface area contributed by atoms with Gasteiger partial charge in [-0.1, -0.05) is 13.8 Å². The zero-order valence-electron chi connectivity index (χ0n) is 9.77. The van der Waals surface area contributed by atoms with Crippen LogP contribution in [0.1, 0.15) is 13.8 Å². The van der Waals surface area contributed by atoms with Gasteiger partial charge in [0.05, 0.1) is 5.25 Å². The predicted molar refractivity (Wildman–Crippen MR) is 68.8 cm³/mol. The highest BCUT2D eigenvalue weighted by Gasteiger charge is 2.19.